The number of carbonyl (C=O) groups is 1. The van der Waals surface area contributed by atoms with Crippen LogP contribution in [0.4, 0.5) is 0 Å². The third-order valence-electron chi connectivity index (χ3n) is 5.92. The summed E-state index contributed by atoms with van der Waals surface area (Å²) in [6.45, 7) is 6.28. The Kier molecular flexibility index (Phi) is 4.74. The van der Waals surface area contributed by atoms with Gasteiger partial charge in [-0.3, -0.25) is 4.79 Å². The summed E-state index contributed by atoms with van der Waals surface area (Å²) in [5, 5.41) is 3.86. The average molecular weight is 439 g/mol. The molecule has 1 saturated heterocycles. The second kappa shape index (κ2) is 7.46. The quantitative estimate of drug-likeness (QED) is 0.433. The molecule has 0 aromatic heterocycles. The van der Waals surface area contributed by atoms with Crippen LogP contribution in [0, 0.1) is 5.92 Å². The zero-order valence-electron chi connectivity index (χ0n) is 17.0. The molecule has 2 aromatic carbocycles. The Hall–Kier alpha value is -3.26. The Morgan fingerprint density at radius 2 is 2.10 bits per heavy atom. The number of hydrogen-bond donors (Lipinski definition) is 1. The fraction of sp³-hybridized carbons (Fsp3) is 0.304. The van der Waals surface area contributed by atoms with E-state index in [0.29, 0.717) is 28.9 Å². The summed E-state index contributed by atoms with van der Waals surface area (Å²) >= 11 is 5.72. The molecule has 7 nitrogen and oxygen atoms in total. The molecular weight excluding hydrogens is 416 g/mol. The van der Waals surface area contributed by atoms with Gasteiger partial charge in [-0.2, -0.15) is 0 Å². The molecule has 8 heteroatoms. The van der Waals surface area contributed by atoms with Crippen molar-refractivity contribution in [3.63, 3.8) is 0 Å². The molecule has 160 valence electrons. The van der Waals surface area contributed by atoms with Gasteiger partial charge in [0.1, 0.15) is 18.3 Å². The number of para-hydroxylation sites is 1. The third-order valence-corrected chi connectivity index (χ3v) is 6.25. The fourth-order valence-corrected chi connectivity index (χ4v) is 4.81. The highest BCUT2D eigenvalue weighted by Gasteiger charge is 2.59. The molecule has 1 N–H and O–H groups in total. The minimum atomic E-state index is -1.05. The van der Waals surface area contributed by atoms with E-state index in [0.717, 1.165) is 11.1 Å². The lowest BCUT2D eigenvalue weighted by Gasteiger charge is -2.55. The van der Waals surface area contributed by atoms with Gasteiger partial charge >= 0.3 is 5.97 Å². The maximum Gasteiger partial charge on any atom is 0.317 e. The second-order valence-corrected chi connectivity index (χ2v) is 8.18. The Morgan fingerprint density at radius 3 is 2.94 bits per heavy atom. The smallest absolute Gasteiger partial charge is 0.317 e. The molecule has 3 heterocycles. The average Bonchev–Trinajstić information content (AvgIpc) is 3.22. The number of ether oxygens (including phenoxy) is 4. The largest absolute Gasteiger partial charge is 0.467 e. The van der Waals surface area contributed by atoms with E-state index in [1.807, 2.05) is 54.3 Å². The van der Waals surface area contributed by atoms with Crippen molar-refractivity contribution < 1.29 is 23.7 Å². The number of nitrogens with one attached hydrogen (secondary N) is 1. The van der Waals surface area contributed by atoms with Crippen LogP contribution in [-0.2, 0) is 16.1 Å². The summed E-state index contributed by atoms with van der Waals surface area (Å²) in [5.74, 6) is 1.11. The predicted molar refractivity (Wildman–Crippen MR) is 117 cm³/mol. The van der Waals surface area contributed by atoms with E-state index in [4.69, 9.17) is 31.2 Å². The first kappa shape index (κ1) is 19.7. The molecule has 0 unspecified atom stereocenters. The summed E-state index contributed by atoms with van der Waals surface area (Å²) in [6.07, 6.45) is 1.55. The van der Waals surface area contributed by atoms with Crippen molar-refractivity contribution in [2.45, 2.75) is 25.2 Å². The van der Waals surface area contributed by atoms with Gasteiger partial charge in [-0.25, -0.2) is 0 Å². The molecule has 2 aromatic rings. The van der Waals surface area contributed by atoms with E-state index in [1.165, 1.54) is 0 Å². The van der Waals surface area contributed by atoms with Crippen LogP contribution in [0.5, 0.6) is 17.2 Å². The maximum atomic E-state index is 13.1. The van der Waals surface area contributed by atoms with E-state index in [1.54, 1.807) is 6.08 Å². The number of fused-ring (bicyclic) bond motifs is 5. The van der Waals surface area contributed by atoms with Crippen LogP contribution < -0.4 is 19.5 Å². The van der Waals surface area contributed by atoms with Crippen molar-refractivity contribution in [3.8, 4) is 17.2 Å². The number of nitrogens with zero attached hydrogens (tertiary/aromatic N) is 1. The Labute approximate surface area is 185 Å². The highest BCUT2D eigenvalue weighted by Crippen LogP contribution is 2.49. The zero-order valence-corrected chi connectivity index (χ0v) is 17.8. The predicted octanol–water partition coefficient (Wildman–Crippen LogP) is 3.30. The molecule has 3 atom stereocenters. The van der Waals surface area contributed by atoms with Crippen LogP contribution in [-0.4, -0.2) is 35.1 Å². The lowest BCUT2D eigenvalue weighted by atomic mass is 9.79. The van der Waals surface area contributed by atoms with E-state index in [-0.39, 0.29) is 25.4 Å². The van der Waals surface area contributed by atoms with Crippen LogP contribution >= 0.6 is 12.2 Å². The van der Waals surface area contributed by atoms with Crippen molar-refractivity contribution >= 4 is 23.3 Å². The lowest BCUT2D eigenvalue weighted by molar-refractivity contribution is -0.175. The molecule has 2 bridgehead atoms. The zero-order chi connectivity index (χ0) is 21.6. The van der Waals surface area contributed by atoms with E-state index in [2.05, 4.69) is 11.9 Å². The SMILES string of the molecule is C=CCOC(=O)[C@@H]1[C@H]2NC(=S)N(Cc3ccc4c(c3)OCO4)[C@@]1(C)Oc1ccccc12. The number of esters is 1. The summed E-state index contributed by atoms with van der Waals surface area (Å²) in [5.41, 5.74) is 0.787. The van der Waals surface area contributed by atoms with Crippen molar-refractivity contribution in [1.82, 2.24) is 10.2 Å². The molecule has 31 heavy (non-hydrogen) atoms. The Balaban J connectivity index is 1.54. The van der Waals surface area contributed by atoms with Gasteiger partial charge in [0.05, 0.1) is 6.04 Å². The molecule has 5 rings (SSSR count). The van der Waals surface area contributed by atoms with Crippen LogP contribution in [0.15, 0.2) is 55.1 Å². The fourth-order valence-electron chi connectivity index (χ4n) is 4.44. The maximum absolute atomic E-state index is 13.1. The van der Waals surface area contributed by atoms with Gasteiger partial charge in [-0.15, -0.1) is 0 Å². The summed E-state index contributed by atoms with van der Waals surface area (Å²) in [7, 11) is 0. The number of hydrogen-bond acceptors (Lipinski definition) is 6. The van der Waals surface area contributed by atoms with Crippen LogP contribution in [0.3, 0.4) is 0 Å². The van der Waals surface area contributed by atoms with Gasteiger partial charge < -0.3 is 29.2 Å². The van der Waals surface area contributed by atoms with Crippen LogP contribution in [0.25, 0.3) is 0 Å². The van der Waals surface area contributed by atoms with Crippen molar-refractivity contribution in [3.05, 3.63) is 66.2 Å². The number of benzene rings is 2. The minimum absolute atomic E-state index is 0.131. The monoisotopic (exact) mass is 438 g/mol. The first-order valence-electron chi connectivity index (χ1n) is 10.0. The van der Waals surface area contributed by atoms with Gasteiger partial charge in [0.15, 0.2) is 22.3 Å². The van der Waals surface area contributed by atoms with Gasteiger partial charge in [0, 0.05) is 12.1 Å². The third kappa shape index (κ3) is 3.18. The Bertz CT molecular complexity index is 1070. The van der Waals surface area contributed by atoms with Crippen molar-refractivity contribution in [2.24, 2.45) is 5.92 Å². The van der Waals surface area contributed by atoms with Crippen molar-refractivity contribution in [2.75, 3.05) is 13.4 Å². The first-order valence-corrected chi connectivity index (χ1v) is 10.4. The molecule has 1 fully saturated rings. The number of thiocarbonyl (C=S) groups is 1. The van der Waals surface area contributed by atoms with E-state index >= 15 is 0 Å². The minimum Gasteiger partial charge on any atom is -0.467 e. The molecule has 0 radical (unpaired) electrons. The lowest BCUT2D eigenvalue weighted by Crippen LogP contribution is -2.70. The highest BCUT2D eigenvalue weighted by atomic mass is 32.1. The normalized spacial score (nSPS) is 25.2. The molecular formula is C23H22N2O5S. The topological polar surface area (TPSA) is 69.3 Å². The Morgan fingerprint density at radius 1 is 1.29 bits per heavy atom. The van der Waals surface area contributed by atoms with Gasteiger partial charge in [0.2, 0.25) is 6.79 Å². The molecule has 0 saturated carbocycles. The standard InChI is InChI=1S/C23H22N2O5S/c1-3-10-27-21(26)19-20-15-6-4-5-7-16(15)30-23(19,2)25(22(31)24-20)12-14-8-9-17-18(11-14)29-13-28-17/h3-9,11,19-20H,1,10,12-13H2,2H3,(H,24,31)/t19-,20-,23-/m0/s1. The van der Waals surface area contributed by atoms with Gasteiger partial charge in [-0.05, 0) is 42.9 Å². The van der Waals surface area contributed by atoms with Crippen LogP contribution in [0.2, 0.25) is 0 Å². The first-order chi connectivity index (χ1) is 15.0. The van der Waals surface area contributed by atoms with E-state index in [9.17, 15) is 4.79 Å². The second-order valence-electron chi connectivity index (χ2n) is 7.79. The number of carbonyl (C=O) groups excluding carboxylic acids is 1. The van der Waals surface area contributed by atoms with E-state index < -0.39 is 11.6 Å². The molecule has 0 amide bonds. The molecule has 0 aliphatic carbocycles. The van der Waals surface area contributed by atoms with Crippen molar-refractivity contribution in [1.29, 1.82) is 0 Å². The van der Waals surface area contributed by atoms with Gasteiger partial charge in [-0.1, -0.05) is 36.9 Å². The molecule has 3 aliphatic heterocycles. The summed E-state index contributed by atoms with van der Waals surface area (Å²) in [4.78, 5) is 15.0. The summed E-state index contributed by atoms with van der Waals surface area (Å²) in [6, 6.07) is 13.1. The highest BCUT2D eigenvalue weighted by molar-refractivity contribution is 7.80. The van der Waals surface area contributed by atoms with Gasteiger partial charge in [0.25, 0.3) is 0 Å². The number of rotatable bonds is 5. The molecule has 3 aliphatic rings. The molecule has 0 spiro atoms. The van der Waals surface area contributed by atoms with Crippen LogP contribution in [0.1, 0.15) is 24.1 Å². The summed E-state index contributed by atoms with van der Waals surface area (Å²) < 4.78 is 22.8.